The van der Waals surface area contributed by atoms with Gasteiger partial charge in [-0.3, -0.25) is 4.79 Å². The van der Waals surface area contributed by atoms with Crippen LogP contribution in [-0.4, -0.2) is 48.8 Å². The van der Waals surface area contributed by atoms with Crippen LogP contribution >= 0.6 is 0 Å². The van der Waals surface area contributed by atoms with Crippen molar-refractivity contribution >= 4 is 5.91 Å². The van der Waals surface area contributed by atoms with Crippen LogP contribution in [0.5, 0.6) is 0 Å². The van der Waals surface area contributed by atoms with Crippen molar-refractivity contribution < 1.29 is 14.6 Å². The first-order valence-corrected chi connectivity index (χ1v) is 7.28. The van der Waals surface area contributed by atoms with E-state index in [0.29, 0.717) is 17.7 Å². The van der Waals surface area contributed by atoms with E-state index in [-0.39, 0.29) is 18.6 Å². The van der Waals surface area contributed by atoms with Gasteiger partial charge in [-0.1, -0.05) is 24.0 Å². The SMILES string of the molecule is CN(CC1CCCCO1)C(=O)c1ccccc1C#CCO. The molecule has 1 aliphatic rings. The van der Waals surface area contributed by atoms with Crippen molar-refractivity contribution in [3.05, 3.63) is 35.4 Å². The summed E-state index contributed by atoms with van der Waals surface area (Å²) in [5.74, 6) is 5.35. The molecule has 1 aromatic rings. The lowest BCUT2D eigenvalue weighted by molar-refractivity contribution is -0.000193. The molecule has 1 unspecified atom stereocenters. The summed E-state index contributed by atoms with van der Waals surface area (Å²) in [6, 6.07) is 7.22. The van der Waals surface area contributed by atoms with Gasteiger partial charge in [0.05, 0.1) is 11.7 Å². The van der Waals surface area contributed by atoms with E-state index in [1.165, 1.54) is 0 Å². The summed E-state index contributed by atoms with van der Waals surface area (Å²) in [6.45, 7) is 1.17. The van der Waals surface area contributed by atoms with Crippen LogP contribution in [0.2, 0.25) is 0 Å². The Balaban J connectivity index is 2.08. The number of carbonyl (C=O) groups excluding carboxylic acids is 1. The first-order chi connectivity index (χ1) is 10.2. The van der Waals surface area contributed by atoms with Gasteiger partial charge >= 0.3 is 0 Å². The average Bonchev–Trinajstić information content (AvgIpc) is 2.53. The molecule has 1 fully saturated rings. The van der Waals surface area contributed by atoms with Crippen LogP contribution in [0.15, 0.2) is 24.3 Å². The van der Waals surface area contributed by atoms with Crippen molar-refractivity contribution in [2.45, 2.75) is 25.4 Å². The van der Waals surface area contributed by atoms with Crippen molar-refractivity contribution in [3.63, 3.8) is 0 Å². The summed E-state index contributed by atoms with van der Waals surface area (Å²) in [5, 5.41) is 8.80. The average molecular weight is 287 g/mol. The van der Waals surface area contributed by atoms with Crippen LogP contribution < -0.4 is 0 Å². The summed E-state index contributed by atoms with van der Waals surface area (Å²) < 4.78 is 5.67. The molecule has 4 heteroatoms. The molecule has 0 saturated carbocycles. The molecule has 21 heavy (non-hydrogen) atoms. The van der Waals surface area contributed by atoms with Gasteiger partial charge in [-0.25, -0.2) is 0 Å². The van der Waals surface area contributed by atoms with Gasteiger partial charge < -0.3 is 14.7 Å². The molecule has 1 aromatic carbocycles. The van der Waals surface area contributed by atoms with E-state index < -0.39 is 0 Å². The maximum absolute atomic E-state index is 12.5. The summed E-state index contributed by atoms with van der Waals surface area (Å²) in [6.07, 6.45) is 3.39. The molecule has 1 aliphatic heterocycles. The minimum absolute atomic E-state index is 0.0630. The fourth-order valence-electron chi connectivity index (χ4n) is 2.46. The molecule has 0 aromatic heterocycles. The Bertz CT molecular complexity index is 538. The minimum Gasteiger partial charge on any atom is -0.384 e. The van der Waals surface area contributed by atoms with Crippen molar-refractivity contribution in [1.29, 1.82) is 0 Å². The Labute approximate surface area is 125 Å². The molecule has 1 saturated heterocycles. The fraction of sp³-hybridized carbons (Fsp3) is 0.471. The third kappa shape index (κ3) is 4.32. The second-order valence-corrected chi connectivity index (χ2v) is 5.18. The number of hydrogen-bond donors (Lipinski definition) is 1. The first-order valence-electron chi connectivity index (χ1n) is 7.28. The Morgan fingerprint density at radius 3 is 2.95 bits per heavy atom. The van der Waals surface area contributed by atoms with E-state index in [0.717, 1.165) is 25.9 Å². The molecule has 1 heterocycles. The van der Waals surface area contributed by atoms with Crippen LogP contribution in [0.4, 0.5) is 0 Å². The number of benzene rings is 1. The molecule has 1 N–H and O–H groups in total. The highest BCUT2D eigenvalue weighted by Crippen LogP contribution is 2.15. The molecule has 1 atom stereocenters. The van der Waals surface area contributed by atoms with Gasteiger partial charge in [-0.2, -0.15) is 0 Å². The van der Waals surface area contributed by atoms with Gasteiger partial charge in [-0.15, -0.1) is 0 Å². The van der Waals surface area contributed by atoms with Crippen LogP contribution in [0.3, 0.4) is 0 Å². The Morgan fingerprint density at radius 1 is 1.43 bits per heavy atom. The molecule has 112 valence electrons. The highest BCUT2D eigenvalue weighted by atomic mass is 16.5. The zero-order chi connectivity index (χ0) is 15.1. The molecule has 0 aliphatic carbocycles. The maximum atomic E-state index is 12.5. The number of amides is 1. The summed E-state index contributed by atoms with van der Waals surface area (Å²) in [4.78, 5) is 14.2. The molecule has 2 rings (SSSR count). The summed E-state index contributed by atoms with van der Waals surface area (Å²) >= 11 is 0. The van der Waals surface area contributed by atoms with Gasteiger partial charge in [0, 0.05) is 25.8 Å². The van der Waals surface area contributed by atoms with Crippen molar-refractivity contribution in [3.8, 4) is 11.8 Å². The zero-order valence-corrected chi connectivity index (χ0v) is 12.3. The topological polar surface area (TPSA) is 49.8 Å². The van der Waals surface area contributed by atoms with E-state index in [2.05, 4.69) is 11.8 Å². The van der Waals surface area contributed by atoms with Gasteiger partial charge in [-0.05, 0) is 31.4 Å². The number of aliphatic hydroxyl groups is 1. The lowest BCUT2D eigenvalue weighted by Gasteiger charge is -2.27. The first kappa shape index (κ1) is 15.6. The summed E-state index contributed by atoms with van der Waals surface area (Å²) in [7, 11) is 1.79. The standard InChI is InChI=1S/C17H21NO3/c1-18(13-15-9-4-5-12-21-15)17(20)16-10-3-2-7-14(16)8-6-11-19/h2-3,7,10,15,19H,4-5,9,11-13H2,1H3. The number of aliphatic hydroxyl groups excluding tert-OH is 1. The number of hydrogen-bond acceptors (Lipinski definition) is 3. The van der Waals surface area contributed by atoms with Gasteiger partial charge in [0.15, 0.2) is 0 Å². The second-order valence-electron chi connectivity index (χ2n) is 5.18. The maximum Gasteiger partial charge on any atom is 0.254 e. The van der Waals surface area contributed by atoms with E-state index in [4.69, 9.17) is 9.84 Å². The van der Waals surface area contributed by atoms with Crippen LogP contribution in [0, 0.1) is 11.8 Å². The molecule has 4 nitrogen and oxygen atoms in total. The van der Waals surface area contributed by atoms with Gasteiger partial charge in [0.1, 0.15) is 6.61 Å². The third-order valence-corrected chi connectivity index (χ3v) is 3.56. The lowest BCUT2D eigenvalue weighted by Crippen LogP contribution is -2.37. The highest BCUT2D eigenvalue weighted by Gasteiger charge is 2.20. The molecular weight excluding hydrogens is 266 g/mol. The van der Waals surface area contributed by atoms with Crippen LogP contribution in [0.1, 0.15) is 35.2 Å². The largest absolute Gasteiger partial charge is 0.384 e. The normalized spacial score (nSPS) is 17.7. The Hall–Kier alpha value is -1.83. The second kappa shape index (κ2) is 7.82. The van der Waals surface area contributed by atoms with Crippen molar-refractivity contribution in [1.82, 2.24) is 4.90 Å². The quantitative estimate of drug-likeness (QED) is 0.860. The van der Waals surface area contributed by atoms with E-state index in [1.807, 2.05) is 12.1 Å². The van der Waals surface area contributed by atoms with Gasteiger partial charge in [0.2, 0.25) is 0 Å². The Kier molecular flexibility index (Phi) is 5.79. The van der Waals surface area contributed by atoms with Gasteiger partial charge in [0.25, 0.3) is 5.91 Å². The molecular formula is C17H21NO3. The molecule has 0 spiro atoms. The summed E-state index contributed by atoms with van der Waals surface area (Å²) in [5.41, 5.74) is 1.21. The van der Waals surface area contributed by atoms with Crippen molar-refractivity contribution in [2.75, 3.05) is 26.8 Å². The lowest BCUT2D eigenvalue weighted by atomic mass is 10.1. The number of carbonyl (C=O) groups is 1. The molecule has 0 radical (unpaired) electrons. The number of ether oxygens (including phenoxy) is 1. The molecule has 1 amide bonds. The highest BCUT2D eigenvalue weighted by molar-refractivity contribution is 5.96. The van der Waals surface area contributed by atoms with Crippen molar-refractivity contribution in [2.24, 2.45) is 0 Å². The number of nitrogens with zero attached hydrogens (tertiary/aromatic N) is 1. The van der Waals surface area contributed by atoms with Crippen LogP contribution in [-0.2, 0) is 4.74 Å². The third-order valence-electron chi connectivity index (χ3n) is 3.56. The Morgan fingerprint density at radius 2 is 2.24 bits per heavy atom. The molecule has 0 bridgehead atoms. The minimum atomic E-state index is -0.214. The predicted molar refractivity (Wildman–Crippen MR) is 81.0 cm³/mol. The monoisotopic (exact) mass is 287 g/mol. The van der Waals surface area contributed by atoms with E-state index in [1.54, 1.807) is 24.1 Å². The predicted octanol–water partition coefficient (Wildman–Crippen LogP) is 1.67. The van der Waals surface area contributed by atoms with E-state index in [9.17, 15) is 4.79 Å². The number of likely N-dealkylation sites (N-methyl/N-ethyl adjacent to an activating group) is 1. The van der Waals surface area contributed by atoms with E-state index >= 15 is 0 Å². The smallest absolute Gasteiger partial charge is 0.254 e. The number of rotatable bonds is 3. The van der Waals surface area contributed by atoms with Crippen LogP contribution in [0.25, 0.3) is 0 Å². The fourth-order valence-corrected chi connectivity index (χ4v) is 2.46. The zero-order valence-electron chi connectivity index (χ0n) is 12.3.